The quantitative estimate of drug-likeness (QED) is 0.638. The molecule has 0 saturated heterocycles. The summed E-state index contributed by atoms with van der Waals surface area (Å²) in [4.78, 5) is 8.47. The van der Waals surface area contributed by atoms with Gasteiger partial charge >= 0.3 is 6.55 Å². The number of nitrogens with zero attached hydrogens (tertiary/aromatic N) is 3. The van der Waals surface area contributed by atoms with Gasteiger partial charge in [-0.15, -0.1) is 11.3 Å². The molecule has 0 bridgehead atoms. The average molecular weight is 323 g/mol. The van der Waals surface area contributed by atoms with E-state index in [0.717, 1.165) is 20.2 Å². The topological polar surface area (TPSA) is 30.7 Å². The van der Waals surface area contributed by atoms with Crippen LogP contribution in [0.15, 0.2) is 52.4 Å². The summed E-state index contributed by atoms with van der Waals surface area (Å²) in [6, 6.07) is 9.86. The Morgan fingerprint density at radius 2 is 2.05 bits per heavy atom. The first-order chi connectivity index (χ1) is 10.2. The van der Waals surface area contributed by atoms with Gasteiger partial charge in [0, 0.05) is 23.3 Å². The second kappa shape index (κ2) is 6.36. The fraction of sp³-hybridized carbons (Fsp3) is 0.143. The number of thiazole rings is 1. The van der Waals surface area contributed by atoms with Crippen molar-refractivity contribution >= 4 is 23.1 Å². The zero-order chi connectivity index (χ0) is 14.7. The molecule has 21 heavy (non-hydrogen) atoms. The Labute approximate surface area is 128 Å². The van der Waals surface area contributed by atoms with Crippen LogP contribution < -0.4 is 0 Å². The molecule has 1 aromatic carbocycles. The molecule has 3 nitrogen and oxygen atoms in total. The number of imidazole rings is 1. The van der Waals surface area contributed by atoms with E-state index in [1.165, 1.54) is 35.5 Å². The molecule has 0 spiro atoms. The molecular formula is C14H11F2N3S2. The lowest BCUT2D eigenvalue weighted by molar-refractivity contribution is 0.0678. The second-order valence-corrected chi connectivity index (χ2v) is 6.26. The monoisotopic (exact) mass is 323 g/mol. The molecule has 0 atom stereocenters. The van der Waals surface area contributed by atoms with Crippen LogP contribution in [0.2, 0.25) is 0 Å². The van der Waals surface area contributed by atoms with Gasteiger partial charge in [0.05, 0.1) is 11.4 Å². The number of halogens is 2. The summed E-state index contributed by atoms with van der Waals surface area (Å²) >= 11 is 2.92. The van der Waals surface area contributed by atoms with Gasteiger partial charge in [0.15, 0.2) is 4.34 Å². The van der Waals surface area contributed by atoms with Gasteiger partial charge in [0.1, 0.15) is 5.82 Å². The highest BCUT2D eigenvalue weighted by atomic mass is 32.2. The third-order valence-electron chi connectivity index (χ3n) is 2.84. The lowest BCUT2D eigenvalue weighted by Gasteiger charge is -2.04. The van der Waals surface area contributed by atoms with Gasteiger partial charge in [-0.05, 0) is 0 Å². The van der Waals surface area contributed by atoms with Crippen molar-refractivity contribution in [1.82, 2.24) is 14.5 Å². The lowest BCUT2D eigenvalue weighted by atomic mass is 10.2. The fourth-order valence-electron chi connectivity index (χ4n) is 1.82. The van der Waals surface area contributed by atoms with E-state index in [2.05, 4.69) is 9.97 Å². The van der Waals surface area contributed by atoms with Gasteiger partial charge in [0.2, 0.25) is 0 Å². The molecule has 0 aliphatic rings. The van der Waals surface area contributed by atoms with Gasteiger partial charge < -0.3 is 0 Å². The number of aromatic nitrogens is 3. The van der Waals surface area contributed by atoms with Crippen molar-refractivity contribution in [2.24, 2.45) is 0 Å². The van der Waals surface area contributed by atoms with Crippen LogP contribution in [-0.4, -0.2) is 14.5 Å². The Hall–Kier alpha value is -1.73. The highest BCUT2D eigenvalue weighted by molar-refractivity contribution is 8.00. The van der Waals surface area contributed by atoms with Crippen LogP contribution >= 0.6 is 23.1 Å². The first-order valence-corrected chi connectivity index (χ1v) is 8.04. The number of rotatable bonds is 5. The minimum Gasteiger partial charge on any atom is -0.277 e. The first-order valence-electron chi connectivity index (χ1n) is 6.17. The predicted octanol–water partition coefficient (Wildman–Crippen LogP) is 4.69. The van der Waals surface area contributed by atoms with Crippen LogP contribution in [0.1, 0.15) is 12.4 Å². The summed E-state index contributed by atoms with van der Waals surface area (Å²) < 4.78 is 27.1. The number of alkyl halides is 2. The SMILES string of the molecule is FC(F)n1ccnc1CSc1nc(-c2ccccc2)cs1. The van der Waals surface area contributed by atoms with Crippen molar-refractivity contribution in [3.8, 4) is 11.3 Å². The van der Waals surface area contributed by atoms with E-state index in [0.29, 0.717) is 11.6 Å². The fourth-order valence-corrected chi connectivity index (χ4v) is 3.61. The molecule has 0 radical (unpaired) electrons. The molecule has 0 unspecified atom stereocenters. The van der Waals surface area contributed by atoms with Crippen LogP contribution in [0.4, 0.5) is 8.78 Å². The van der Waals surface area contributed by atoms with Crippen molar-refractivity contribution in [3.63, 3.8) is 0 Å². The molecular weight excluding hydrogens is 312 g/mol. The van der Waals surface area contributed by atoms with Crippen molar-refractivity contribution in [2.45, 2.75) is 16.6 Å². The van der Waals surface area contributed by atoms with Crippen LogP contribution in [0.3, 0.4) is 0 Å². The highest BCUT2D eigenvalue weighted by Gasteiger charge is 2.12. The Morgan fingerprint density at radius 3 is 2.81 bits per heavy atom. The van der Waals surface area contributed by atoms with E-state index >= 15 is 0 Å². The first kappa shape index (κ1) is 14.2. The lowest BCUT2D eigenvalue weighted by Crippen LogP contribution is -2.01. The normalized spacial score (nSPS) is 11.2. The minimum atomic E-state index is -2.56. The molecule has 108 valence electrons. The summed E-state index contributed by atoms with van der Waals surface area (Å²) in [7, 11) is 0. The standard InChI is InChI=1S/C14H11F2N3S2/c15-13(16)19-7-6-17-12(19)9-21-14-18-11(8-20-14)10-4-2-1-3-5-10/h1-8,13H,9H2. The third kappa shape index (κ3) is 3.30. The van der Waals surface area contributed by atoms with E-state index in [9.17, 15) is 8.78 Å². The zero-order valence-corrected chi connectivity index (χ0v) is 12.5. The Balaban J connectivity index is 1.69. The molecule has 3 aromatic rings. The summed E-state index contributed by atoms with van der Waals surface area (Å²) in [5, 5.41) is 1.97. The maximum absolute atomic E-state index is 12.7. The number of benzene rings is 1. The van der Waals surface area contributed by atoms with Gasteiger partial charge in [-0.2, -0.15) is 8.78 Å². The molecule has 0 amide bonds. The Morgan fingerprint density at radius 1 is 1.24 bits per heavy atom. The molecule has 0 aliphatic heterocycles. The molecule has 2 heterocycles. The molecule has 2 aromatic heterocycles. The molecule has 0 N–H and O–H groups in total. The van der Waals surface area contributed by atoms with Crippen LogP contribution in [-0.2, 0) is 5.75 Å². The summed E-state index contributed by atoms with van der Waals surface area (Å²) in [6.07, 6.45) is 2.68. The van der Waals surface area contributed by atoms with Crippen LogP contribution in [0.25, 0.3) is 11.3 Å². The smallest absolute Gasteiger partial charge is 0.277 e. The predicted molar refractivity (Wildman–Crippen MR) is 80.6 cm³/mol. The van der Waals surface area contributed by atoms with Gasteiger partial charge in [-0.25, -0.2) is 9.97 Å². The molecule has 0 aliphatic carbocycles. The Kier molecular flexibility index (Phi) is 4.31. The van der Waals surface area contributed by atoms with Crippen molar-refractivity contribution in [2.75, 3.05) is 0 Å². The van der Waals surface area contributed by atoms with Gasteiger partial charge in [-0.1, -0.05) is 42.1 Å². The summed E-state index contributed by atoms with van der Waals surface area (Å²) in [5.74, 6) is 0.727. The molecule has 0 fully saturated rings. The van der Waals surface area contributed by atoms with Crippen LogP contribution in [0, 0.1) is 0 Å². The van der Waals surface area contributed by atoms with Gasteiger partial charge in [-0.3, -0.25) is 4.57 Å². The maximum atomic E-state index is 12.7. The largest absolute Gasteiger partial charge is 0.319 e. The average Bonchev–Trinajstić information content (AvgIpc) is 3.15. The second-order valence-electron chi connectivity index (χ2n) is 4.18. The van der Waals surface area contributed by atoms with E-state index in [1.54, 1.807) is 0 Å². The van der Waals surface area contributed by atoms with Crippen LogP contribution in [0.5, 0.6) is 0 Å². The van der Waals surface area contributed by atoms with E-state index in [-0.39, 0.29) is 0 Å². The van der Waals surface area contributed by atoms with E-state index < -0.39 is 6.55 Å². The molecule has 0 saturated carbocycles. The minimum absolute atomic E-state index is 0.353. The van der Waals surface area contributed by atoms with Crippen molar-refractivity contribution in [1.29, 1.82) is 0 Å². The third-order valence-corrected chi connectivity index (χ3v) is 4.85. The summed E-state index contributed by atoms with van der Waals surface area (Å²) in [5.41, 5.74) is 1.95. The number of thioether (sulfide) groups is 1. The highest BCUT2D eigenvalue weighted by Crippen LogP contribution is 2.30. The molecule has 3 rings (SSSR count). The maximum Gasteiger partial charge on any atom is 0.319 e. The van der Waals surface area contributed by atoms with Gasteiger partial charge in [0.25, 0.3) is 0 Å². The van der Waals surface area contributed by atoms with Crippen molar-refractivity contribution in [3.05, 3.63) is 53.9 Å². The Bertz CT molecular complexity index is 710. The number of hydrogen-bond donors (Lipinski definition) is 0. The molecule has 7 heteroatoms. The van der Waals surface area contributed by atoms with E-state index in [1.807, 2.05) is 35.7 Å². The van der Waals surface area contributed by atoms with Crippen molar-refractivity contribution < 1.29 is 8.78 Å². The van der Waals surface area contributed by atoms with E-state index in [4.69, 9.17) is 0 Å². The zero-order valence-electron chi connectivity index (χ0n) is 10.8. The summed E-state index contributed by atoms with van der Waals surface area (Å²) in [6.45, 7) is -2.56. The number of hydrogen-bond acceptors (Lipinski definition) is 4.